The van der Waals surface area contributed by atoms with E-state index in [0.29, 0.717) is 18.7 Å². The molecule has 2 amide bonds. The maximum Gasteiger partial charge on any atom is 0.326 e. The van der Waals surface area contributed by atoms with Crippen LogP contribution in [0.15, 0.2) is 24.3 Å². The highest BCUT2D eigenvalue weighted by Gasteiger charge is 2.33. The van der Waals surface area contributed by atoms with E-state index in [1.165, 1.54) is 4.90 Å². The molecule has 0 aromatic heterocycles. The molecule has 1 heterocycles. The molecule has 5 nitrogen and oxygen atoms in total. The van der Waals surface area contributed by atoms with E-state index < -0.39 is 12.0 Å². The van der Waals surface area contributed by atoms with Crippen LogP contribution in [0.5, 0.6) is 0 Å². The van der Waals surface area contributed by atoms with Crippen LogP contribution >= 0.6 is 0 Å². The van der Waals surface area contributed by atoms with Crippen molar-refractivity contribution in [1.82, 2.24) is 4.90 Å². The molecular formula is C13H16N2O3. The number of carboxylic acids is 1. The maximum atomic E-state index is 12.0. The lowest BCUT2D eigenvalue weighted by Gasteiger charge is -2.21. The molecule has 1 aromatic carbocycles. The molecule has 0 saturated carbocycles. The van der Waals surface area contributed by atoms with Crippen molar-refractivity contribution in [3.8, 4) is 0 Å². The molecule has 1 saturated heterocycles. The second-order valence-corrected chi connectivity index (χ2v) is 4.49. The van der Waals surface area contributed by atoms with E-state index in [1.54, 1.807) is 6.07 Å². The summed E-state index contributed by atoms with van der Waals surface area (Å²) >= 11 is 0. The average Bonchev–Trinajstić information content (AvgIpc) is 2.77. The molecule has 1 aromatic rings. The number of carbonyl (C=O) groups excluding carboxylic acids is 1. The summed E-state index contributed by atoms with van der Waals surface area (Å²) in [7, 11) is 0. The van der Waals surface area contributed by atoms with Gasteiger partial charge in [-0.3, -0.25) is 0 Å². The quantitative estimate of drug-likeness (QED) is 0.841. The lowest BCUT2D eigenvalue weighted by Crippen LogP contribution is -2.42. The Balaban J connectivity index is 2.06. The molecule has 2 rings (SSSR count). The first-order valence-corrected chi connectivity index (χ1v) is 5.95. The Morgan fingerprint density at radius 2 is 2.22 bits per heavy atom. The molecule has 1 aliphatic heterocycles. The number of anilines is 1. The first kappa shape index (κ1) is 12.4. The summed E-state index contributed by atoms with van der Waals surface area (Å²) < 4.78 is 0. The molecular weight excluding hydrogens is 232 g/mol. The SMILES string of the molecule is Cc1cccc(NC(=O)N2CCC[C@H]2C(=O)O)c1. The monoisotopic (exact) mass is 248 g/mol. The van der Waals surface area contributed by atoms with Crippen molar-refractivity contribution in [2.75, 3.05) is 11.9 Å². The number of hydrogen-bond donors (Lipinski definition) is 2. The van der Waals surface area contributed by atoms with E-state index in [-0.39, 0.29) is 6.03 Å². The summed E-state index contributed by atoms with van der Waals surface area (Å²) in [4.78, 5) is 24.4. The zero-order valence-corrected chi connectivity index (χ0v) is 10.2. The Morgan fingerprint density at radius 1 is 1.44 bits per heavy atom. The lowest BCUT2D eigenvalue weighted by molar-refractivity contribution is -0.141. The molecule has 0 aliphatic carbocycles. The Hall–Kier alpha value is -2.04. The Kier molecular flexibility index (Phi) is 3.50. The predicted molar refractivity (Wildman–Crippen MR) is 67.6 cm³/mol. The van der Waals surface area contributed by atoms with Gasteiger partial charge in [0.05, 0.1) is 0 Å². The lowest BCUT2D eigenvalue weighted by atomic mass is 10.2. The first-order chi connectivity index (χ1) is 8.58. The van der Waals surface area contributed by atoms with Crippen molar-refractivity contribution in [2.45, 2.75) is 25.8 Å². The number of urea groups is 1. The van der Waals surface area contributed by atoms with Crippen molar-refractivity contribution in [3.05, 3.63) is 29.8 Å². The van der Waals surface area contributed by atoms with Gasteiger partial charge in [0.25, 0.3) is 0 Å². The van der Waals surface area contributed by atoms with Crippen LogP contribution in [0, 0.1) is 6.92 Å². The van der Waals surface area contributed by atoms with Gasteiger partial charge in [0.1, 0.15) is 6.04 Å². The standard InChI is InChI=1S/C13H16N2O3/c1-9-4-2-5-10(8-9)14-13(18)15-7-3-6-11(15)12(16)17/h2,4-5,8,11H,3,6-7H2,1H3,(H,14,18)(H,16,17)/t11-/m0/s1. The van der Waals surface area contributed by atoms with Crippen LogP contribution in [0.1, 0.15) is 18.4 Å². The van der Waals surface area contributed by atoms with Gasteiger partial charge in [0.15, 0.2) is 0 Å². The third-order valence-electron chi connectivity index (χ3n) is 3.07. The molecule has 2 N–H and O–H groups in total. The van der Waals surface area contributed by atoms with E-state index in [4.69, 9.17) is 5.11 Å². The average molecular weight is 248 g/mol. The first-order valence-electron chi connectivity index (χ1n) is 5.95. The number of rotatable bonds is 2. The van der Waals surface area contributed by atoms with E-state index in [2.05, 4.69) is 5.32 Å². The van der Waals surface area contributed by atoms with E-state index >= 15 is 0 Å². The van der Waals surface area contributed by atoms with Gasteiger partial charge >= 0.3 is 12.0 Å². The highest BCUT2D eigenvalue weighted by atomic mass is 16.4. The number of nitrogens with one attached hydrogen (secondary N) is 1. The smallest absolute Gasteiger partial charge is 0.326 e. The van der Waals surface area contributed by atoms with Crippen LogP contribution in [-0.2, 0) is 4.79 Å². The van der Waals surface area contributed by atoms with Crippen LogP contribution in [-0.4, -0.2) is 34.6 Å². The number of benzene rings is 1. The van der Waals surface area contributed by atoms with Gasteiger partial charge in [-0.05, 0) is 37.5 Å². The second kappa shape index (κ2) is 5.08. The van der Waals surface area contributed by atoms with Crippen LogP contribution in [0.4, 0.5) is 10.5 Å². The van der Waals surface area contributed by atoms with Crippen molar-refractivity contribution in [2.24, 2.45) is 0 Å². The number of carboxylic acid groups (broad SMARTS) is 1. The highest BCUT2D eigenvalue weighted by Crippen LogP contribution is 2.19. The molecule has 0 spiro atoms. The fourth-order valence-corrected chi connectivity index (χ4v) is 2.18. The summed E-state index contributed by atoms with van der Waals surface area (Å²) in [6.45, 7) is 2.43. The molecule has 18 heavy (non-hydrogen) atoms. The summed E-state index contributed by atoms with van der Waals surface area (Å²) in [5, 5.41) is 11.8. The molecule has 1 fully saturated rings. The summed E-state index contributed by atoms with van der Waals surface area (Å²) in [6.07, 6.45) is 1.26. The molecule has 0 radical (unpaired) electrons. The number of nitrogens with zero attached hydrogens (tertiary/aromatic N) is 1. The largest absolute Gasteiger partial charge is 0.480 e. The molecule has 1 atom stereocenters. The minimum absolute atomic E-state index is 0.342. The van der Waals surface area contributed by atoms with Crippen molar-refractivity contribution in [3.63, 3.8) is 0 Å². The van der Waals surface area contributed by atoms with Crippen LogP contribution < -0.4 is 5.32 Å². The minimum atomic E-state index is -0.938. The Morgan fingerprint density at radius 3 is 2.89 bits per heavy atom. The molecule has 96 valence electrons. The topological polar surface area (TPSA) is 69.6 Å². The number of aliphatic carboxylic acids is 1. The zero-order valence-electron chi connectivity index (χ0n) is 10.2. The number of hydrogen-bond acceptors (Lipinski definition) is 2. The zero-order chi connectivity index (χ0) is 13.1. The van der Waals surface area contributed by atoms with E-state index in [9.17, 15) is 9.59 Å². The molecule has 5 heteroatoms. The molecule has 1 aliphatic rings. The van der Waals surface area contributed by atoms with Gasteiger partial charge < -0.3 is 15.3 Å². The second-order valence-electron chi connectivity index (χ2n) is 4.49. The van der Waals surface area contributed by atoms with Crippen molar-refractivity contribution >= 4 is 17.7 Å². The summed E-state index contributed by atoms with van der Waals surface area (Å²) in [5.74, 6) is -0.938. The number of amides is 2. The normalized spacial score (nSPS) is 18.7. The van der Waals surface area contributed by atoms with Gasteiger partial charge in [-0.1, -0.05) is 12.1 Å². The number of carbonyl (C=O) groups is 2. The van der Waals surface area contributed by atoms with E-state index in [0.717, 1.165) is 12.0 Å². The molecule has 0 unspecified atom stereocenters. The fourth-order valence-electron chi connectivity index (χ4n) is 2.18. The van der Waals surface area contributed by atoms with Crippen LogP contribution in [0.3, 0.4) is 0 Å². The Labute approximate surface area is 105 Å². The predicted octanol–water partition coefficient (Wildman–Crippen LogP) is 2.08. The number of likely N-dealkylation sites (tertiary alicyclic amines) is 1. The summed E-state index contributed by atoms with van der Waals surface area (Å²) in [6, 6.07) is 6.38. The maximum absolute atomic E-state index is 12.0. The van der Waals surface area contributed by atoms with Gasteiger partial charge in [-0.25, -0.2) is 9.59 Å². The van der Waals surface area contributed by atoms with Crippen molar-refractivity contribution < 1.29 is 14.7 Å². The molecule has 0 bridgehead atoms. The summed E-state index contributed by atoms with van der Waals surface area (Å²) in [5.41, 5.74) is 1.74. The van der Waals surface area contributed by atoms with Gasteiger partial charge in [0, 0.05) is 12.2 Å². The van der Waals surface area contributed by atoms with Crippen molar-refractivity contribution in [1.29, 1.82) is 0 Å². The third kappa shape index (κ3) is 2.61. The highest BCUT2D eigenvalue weighted by molar-refractivity contribution is 5.92. The Bertz CT molecular complexity index is 473. The minimum Gasteiger partial charge on any atom is -0.480 e. The van der Waals surface area contributed by atoms with Crippen LogP contribution in [0.25, 0.3) is 0 Å². The van der Waals surface area contributed by atoms with Crippen LogP contribution in [0.2, 0.25) is 0 Å². The van der Waals surface area contributed by atoms with E-state index in [1.807, 2.05) is 25.1 Å². The van der Waals surface area contributed by atoms with Gasteiger partial charge in [0.2, 0.25) is 0 Å². The fraction of sp³-hybridized carbons (Fsp3) is 0.385. The van der Waals surface area contributed by atoms with Gasteiger partial charge in [-0.15, -0.1) is 0 Å². The third-order valence-corrected chi connectivity index (χ3v) is 3.07. The van der Waals surface area contributed by atoms with Gasteiger partial charge in [-0.2, -0.15) is 0 Å². The number of aryl methyl sites for hydroxylation is 1.